The first-order chi connectivity index (χ1) is 16.5. The summed E-state index contributed by atoms with van der Waals surface area (Å²) >= 11 is 0. The van der Waals surface area contributed by atoms with E-state index in [2.05, 4.69) is 0 Å². The number of hydrogen-bond donors (Lipinski definition) is 1. The number of aryl methyl sites for hydroxylation is 1. The molecule has 1 aliphatic rings. The van der Waals surface area contributed by atoms with E-state index in [0.29, 0.717) is 18.0 Å². The summed E-state index contributed by atoms with van der Waals surface area (Å²) in [6, 6.07) is 21.5. The average molecular weight is 460 g/mol. The van der Waals surface area contributed by atoms with Crippen LogP contribution in [0.5, 0.6) is 5.75 Å². The normalized spacial score (nSPS) is 16.9. The van der Waals surface area contributed by atoms with Crippen molar-refractivity contribution in [3.63, 3.8) is 0 Å². The Kier molecular flexibility index (Phi) is 6.02. The first-order valence-electron chi connectivity index (χ1n) is 11.4. The standard InChI is InChI=1S/C27H26FN3O3/c1-18-6-4-9-23(12-18)34-17-22(32)16-31-25-11-3-2-10-24(25)29-27(31)19-13-26(33)30(15-19)21-8-5-7-20(28)14-21/h2-12,14,19,22,32H,13,15-17H2,1H3. The van der Waals surface area contributed by atoms with Gasteiger partial charge >= 0.3 is 0 Å². The molecule has 5 rings (SSSR count). The number of rotatable bonds is 7. The minimum Gasteiger partial charge on any atom is -0.491 e. The fraction of sp³-hybridized carbons (Fsp3) is 0.259. The third-order valence-electron chi connectivity index (χ3n) is 6.12. The van der Waals surface area contributed by atoms with Gasteiger partial charge in [-0.1, -0.05) is 30.3 Å². The lowest BCUT2D eigenvalue weighted by Gasteiger charge is -2.19. The van der Waals surface area contributed by atoms with Crippen LogP contribution in [0.1, 0.15) is 23.7 Å². The largest absolute Gasteiger partial charge is 0.491 e. The molecule has 1 amide bonds. The van der Waals surface area contributed by atoms with Crippen molar-refractivity contribution in [2.75, 3.05) is 18.1 Å². The molecule has 3 aromatic carbocycles. The van der Waals surface area contributed by atoms with Crippen LogP contribution in [-0.4, -0.2) is 39.8 Å². The Hall–Kier alpha value is -3.71. The van der Waals surface area contributed by atoms with E-state index in [0.717, 1.165) is 22.4 Å². The van der Waals surface area contributed by atoms with Gasteiger partial charge in [0.1, 0.15) is 30.1 Å². The molecule has 2 unspecified atom stereocenters. The van der Waals surface area contributed by atoms with Gasteiger partial charge in [-0.3, -0.25) is 4.79 Å². The van der Waals surface area contributed by atoms with Gasteiger partial charge in [0.2, 0.25) is 5.91 Å². The molecular weight excluding hydrogens is 433 g/mol. The number of amides is 1. The predicted octanol–water partition coefficient (Wildman–Crippen LogP) is 4.44. The molecule has 0 radical (unpaired) electrons. The Morgan fingerprint density at radius 3 is 2.76 bits per heavy atom. The number of benzene rings is 3. The highest BCUT2D eigenvalue weighted by atomic mass is 19.1. The van der Waals surface area contributed by atoms with Crippen molar-refractivity contribution >= 4 is 22.6 Å². The van der Waals surface area contributed by atoms with E-state index < -0.39 is 6.10 Å². The van der Waals surface area contributed by atoms with Gasteiger partial charge in [-0.25, -0.2) is 9.37 Å². The first-order valence-corrected chi connectivity index (χ1v) is 11.4. The summed E-state index contributed by atoms with van der Waals surface area (Å²) in [6.45, 7) is 2.81. The zero-order chi connectivity index (χ0) is 23.7. The minimum atomic E-state index is -0.770. The molecule has 1 aliphatic heterocycles. The number of aromatic nitrogens is 2. The molecule has 34 heavy (non-hydrogen) atoms. The molecule has 1 aromatic heterocycles. The molecule has 1 fully saturated rings. The molecule has 2 heterocycles. The molecule has 6 nitrogen and oxygen atoms in total. The van der Waals surface area contributed by atoms with Crippen molar-refractivity contribution in [1.82, 2.24) is 9.55 Å². The lowest BCUT2D eigenvalue weighted by molar-refractivity contribution is -0.117. The van der Waals surface area contributed by atoms with Crippen molar-refractivity contribution in [3.05, 3.63) is 90.0 Å². The van der Waals surface area contributed by atoms with E-state index in [-0.39, 0.29) is 37.2 Å². The van der Waals surface area contributed by atoms with Crippen LogP contribution in [0, 0.1) is 12.7 Å². The first kappa shape index (κ1) is 22.1. The summed E-state index contributed by atoms with van der Waals surface area (Å²) in [5.74, 6) is 0.827. The minimum absolute atomic E-state index is 0.0717. The molecule has 0 aliphatic carbocycles. The Morgan fingerprint density at radius 2 is 1.94 bits per heavy atom. The van der Waals surface area contributed by atoms with E-state index in [1.165, 1.54) is 12.1 Å². The molecule has 0 spiro atoms. The van der Waals surface area contributed by atoms with Gasteiger partial charge in [0.05, 0.1) is 17.6 Å². The maximum absolute atomic E-state index is 13.7. The van der Waals surface area contributed by atoms with Gasteiger partial charge in [-0.05, 0) is 55.0 Å². The third kappa shape index (κ3) is 4.52. The Balaban J connectivity index is 1.38. The fourth-order valence-electron chi connectivity index (χ4n) is 4.53. The summed E-state index contributed by atoms with van der Waals surface area (Å²) in [5.41, 5.74) is 3.33. The molecule has 0 bridgehead atoms. The highest BCUT2D eigenvalue weighted by Gasteiger charge is 2.35. The van der Waals surface area contributed by atoms with Gasteiger partial charge < -0.3 is 19.3 Å². The van der Waals surface area contributed by atoms with Crippen molar-refractivity contribution in [2.24, 2.45) is 0 Å². The van der Waals surface area contributed by atoms with Crippen molar-refractivity contribution in [3.8, 4) is 5.75 Å². The highest BCUT2D eigenvalue weighted by molar-refractivity contribution is 5.96. The number of ether oxygens (including phenoxy) is 1. The topological polar surface area (TPSA) is 67.6 Å². The van der Waals surface area contributed by atoms with Crippen LogP contribution in [0.15, 0.2) is 72.8 Å². The summed E-state index contributed by atoms with van der Waals surface area (Å²) in [4.78, 5) is 19.2. The van der Waals surface area contributed by atoms with Crippen LogP contribution >= 0.6 is 0 Å². The van der Waals surface area contributed by atoms with Crippen molar-refractivity contribution in [2.45, 2.75) is 31.9 Å². The number of imidazole rings is 1. The number of halogens is 1. The lowest BCUT2D eigenvalue weighted by Crippen LogP contribution is -2.26. The number of fused-ring (bicyclic) bond motifs is 1. The maximum Gasteiger partial charge on any atom is 0.227 e. The van der Waals surface area contributed by atoms with E-state index in [4.69, 9.17) is 9.72 Å². The summed E-state index contributed by atoms with van der Waals surface area (Å²) in [7, 11) is 0. The maximum atomic E-state index is 13.7. The number of hydrogen-bond acceptors (Lipinski definition) is 4. The molecule has 2 atom stereocenters. The lowest BCUT2D eigenvalue weighted by atomic mass is 10.1. The van der Waals surface area contributed by atoms with E-state index >= 15 is 0 Å². The SMILES string of the molecule is Cc1cccc(OCC(O)Cn2c(C3CC(=O)N(c4cccc(F)c4)C3)nc3ccccc32)c1. The molecule has 7 heteroatoms. The van der Waals surface area contributed by atoms with Crippen LogP contribution in [-0.2, 0) is 11.3 Å². The molecule has 174 valence electrons. The third-order valence-corrected chi connectivity index (χ3v) is 6.12. The van der Waals surface area contributed by atoms with E-state index in [1.54, 1.807) is 17.0 Å². The molecular formula is C27H26FN3O3. The van der Waals surface area contributed by atoms with Crippen molar-refractivity contribution in [1.29, 1.82) is 0 Å². The second-order valence-corrected chi connectivity index (χ2v) is 8.74. The summed E-state index contributed by atoms with van der Waals surface area (Å²) < 4.78 is 21.5. The van der Waals surface area contributed by atoms with E-state index in [9.17, 15) is 14.3 Å². The van der Waals surface area contributed by atoms with Crippen LogP contribution < -0.4 is 9.64 Å². The van der Waals surface area contributed by atoms with Gasteiger partial charge in [-0.2, -0.15) is 0 Å². The number of anilines is 1. The second-order valence-electron chi connectivity index (χ2n) is 8.74. The van der Waals surface area contributed by atoms with Gasteiger partial charge in [0, 0.05) is 24.6 Å². The summed E-state index contributed by atoms with van der Waals surface area (Å²) in [6.07, 6.45) is -0.497. The number of nitrogens with zero attached hydrogens (tertiary/aromatic N) is 3. The zero-order valence-corrected chi connectivity index (χ0v) is 18.9. The molecule has 1 N–H and O–H groups in total. The number of carbonyl (C=O) groups is 1. The van der Waals surface area contributed by atoms with Crippen LogP contribution in [0.3, 0.4) is 0 Å². The van der Waals surface area contributed by atoms with Crippen LogP contribution in [0.2, 0.25) is 0 Å². The van der Waals surface area contributed by atoms with E-state index in [1.807, 2.05) is 60.0 Å². The van der Waals surface area contributed by atoms with Crippen LogP contribution in [0.25, 0.3) is 11.0 Å². The number of carbonyl (C=O) groups excluding carboxylic acids is 1. The highest BCUT2D eigenvalue weighted by Crippen LogP contribution is 2.33. The number of aliphatic hydroxyl groups is 1. The smallest absolute Gasteiger partial charge is 0.227 e. The predicted molar refractivity (Wildman–Crippen MR) is 129 cm³/mol. The van der Waals surface area contributed by atoms with Crippen LogP contribution in [0.4, 0.5) is 10.1 Å². The molecule has 1 saturated heterocycles. The molecule has 4 aromatic rings. The monoisotopic (exact) mass is 459 g/mol. The number of para-hydroxylation sites is 2. The average Bonchev–Trinajstić information content (AvgIpc) is 3.38. The van der Waals surface area contributed by atoms with Gasteiger partial charge in [-0.15, -0.1) is 0 Å². The number of aliphatic hydroxyl groups excluding tert-OH is 1. The second kappa shape index (κ2) is 9.27. The van der Waals surface area contributed by atoms with Gasteiger partial charge in [0.15, 0.2) is 0 Å². The molecule has 0 saturated carbocycles. The Labute approximate surface area is 197 Å². The summed E-state index contributed by atoms with van der Waals surface area (Å²) in [5, 5.41) is 10.8. The fourth-order valence-corrected chi connectivity index (χ4v) is 4.53. The zero-order valence-electron chi connectivity index (χ0n) is 18.9. The Morgan fingerprint density at radius 1 is 1.12 bits per heavy atom. The van der Waals surface area contributed by atoms with Gasteiger partial charge in [0.25, 0.3) is 0 Å². The quantitative estimate of drug-likeness (QED) is 0.444. The Bertz CT molecular complexity index is 1340. The van der Waals surface area contributed by atoms with Crippen molar-refractivity contribution < 1.29 is 19.0 Å².